The van der Waals surface area contributed by atoms with Crippen molar-refractivity contribution in [3.05, 3.63) is 70.7 Å². The first-order valence-electron chi connectivity index (χ1n) is 11.9. The van der Waals surface area contributed by atoms with Gasteiger partial charge in [0.1, 0.15) is 0 Å². The molecule has 2 unspecified atom stereocenters. The van der Waals surface area contributed by atoms with Crippen LogP contribution >= 0.6 is 11.6 Å². The smallest absolute Gasteiger partial charge is 0.251 e. The number of carbonyl (C=O) groups excluding carboxylic acids is 2. The second-order valence-electron chi connectivity index (χ2n) is 10.3. The minimum atomic E-state index is -1.10. The highest BCUT2D eigenvalue weighted by Gasteiger charge is 2.51. The van der Waals surface area contributed by atoms with Crippen molar-refractivity contribution in [1.29, 1.82) is 0 Å². The van der Waals surface area contributed by atoms with Crippen molar-refractivity contribution in [3.8, 4) is 0 Å². The van der Waals surface area contributed by atoms with E-state index in [4.69, 9.17) is 11.6 Å². The van der Waals surface area contributed by atoms with E-state index in [1.807, 2.05) is 32.0 Å². The normalized spacial score (nSPS) is 28.9. The summed E-state index contributed by atoms with van der Waals surface area (Å²) in [5.41, 5.74) is -0.367. The number of likely N-dealkylation sites (tertiary alicyclic amines) is 1. The summed E-state index contributed by atoms with van der Waals surface area (Å²) in [6.07, 6.45) is 1.23. The first-order valence-corrected chi connectivity index (χ1v) is 12.3. The largest absolute Gasteiger partial charge is 0.393 e. The predicted octanol–water partition coefficient (Wildman–Crippen LogP) is 3.75. The average molecular weight is 485 g/mol. The molecule has 1 aliphatic heterocycles. The number of amides is 2. The summed E-state index contributed by atoms with van der Waals surface area (Å²) in [7, 11) is 0. The van der Waals surface area contributed by atoms with Crippen molar-refractivity contribution in [2.24, 2.45) is 11.3 Å². The minimum Gasteiger partial charge on any atom is -0.393 e. The quantitative estimate of drug-likeness (QED) is 0.616. The zero-order valence-electron chi connectivity index (χ0n) is 19.7. The summed E-state index contributed by atoms with van der Waals surface area (Å²) in [6, 6.07) is 15.8. The van der Waals surface area contributed by atoms with Crippen LogP contribution in [0.1, 0.15) is 55.5 Å². The number of hydrogen-bond acceptors (Lipinski definition) is 4. The Kier molecular flexibility index (Phi) is 7.04. The molecule has 0 radical (unpaired) electrons. The van der Waals surface area contributed by atoms with E-state index in [0.717, 1.165) is 5.56 Å². The maximum Gasteiger partial charge on any atom is 0.251 e. The molecule has 3 N–H and O–H groups in total. The van der Waals surface area contributed by atoms with Crippen LogP contribution in [0.5, 0.6) is 0 Å². The standard InChI is InChI=1S/C27H33ClN2O4/c1-26(2)17-30(15-14-27(26,34)19-8-10-20(28)11-9-19)25(33)22-16-21(31)12-13-23(22)29-24(32)18-6-4-3-5-7-18/h3-11,21-23,31,34H,12-17H2,1-2H3,(H,29,32)/t21?,22-,23+,27?/m0/s1. The SMILES string of the molecule is CC1(C)CN(C(=O)[C@H]2CC(O)CC[C@H]2NC(=O)c2ccccc2)CCC1(O)c1ccc(Cl)cc1. The van der Waals surface area contributed by atoms with Crippen molar-refractivity contribution in [2.45, 2.75) is 57.3 Å². The van der Waals surface area contributed by atoms with E-state index in [2.05, 4.69) is 5.32 Å². The second kappa shape index (κ2) is 9.68. The first kappa shape index (κ1) is 24.7. The van der Waals surface area contributed by atoms with Gasteiger partial charge in [-0.3, -0.25) is 9.59 Å². The molecule has 6 nitrogen and oxygen atoms in total. The fraction of sp³-hybridized carbons (Fsp3) is 0.481. The Labute approximate surface area is 205 Å². The lowest BCUT2D eigenvalue weighted by Gasteiger charge is -2.51. The molecule has 4 atom stereocenters. The maximum atomic E-state index is 13.7. The summed E-state index contributed by atoms with van der Waals surface area (Å²) in [6.45, 7) is 4.70. The fourth-order valence-electron chi connectivity index (χ4n) is 5.44. The van der Waals surface area contributed by atoms with Gasteiger partial charge in [-0.25, -0.2) is 0 Å². The van der Waals surface area contributed by atoms with E-state index in [1.54, 1.807) is 41.3 Å². The van der Waals surface area contributed by atoms with Gasteiger partial charge in [-0.15, -0.1) is 0 Å². The third-order valence-corrected chi connectivity index (χ3v) is 7.83. The predicted molar refractivity (Wildman–Crippen MR) is 131 cm³/mol. The van der Waals surface area contributed by atoms with E-state index in [1.165, 1.54) is 0 Å². The fourth-order valence-corrected chi connectivity index (χ4v) is 5.57. The lowest BCUT2D eigenvalue weighted by atomic mass is 9.66. The number of carbonyl (C=O) groups is 2. The van der Waals surface area contributed by atoms with E-state index in [-0.39, 0.29) is 17.9 Å². The van der Waals surface area contributed by atoms with Gasteiger partial charge in [0, 0.05) is 35.1 Å². The molecule has 1 aliphatic carbocycles. The molecule has 0 spiro atoms. The van der Waals surface area contributed by atoms with Crippen LogP contribution in [-0.2, 0) is 10.4 Å². The molecule has 0 aromatic heterocycles. The van der Waals surface area contributed by atoms with Crippen LogP contribution in [0.15, 0.2) is 54.6 Å². The molecule has 4 rings (SSSR count). The zero-order chi connectivity index (χ0) is 24.5. The van der Waals surface area contributed by atoms with Gasteiger partial charge in [-0.05, 0) is 55.5 Å². The molecule has 1 heterocycles. The van der Waals surface area contributed by atoms with E-state index >= 15 is 0 Å². The molecule has 182 valence electrons. The number of rotatable bonds is 4. The van der Waals surface area contributed by atoms with Crippen LogP contribution in [0.3, 0.4) is 0 Å². The number of piperidine rings is 1. The van der Waals surface area contributed by atoms with Crippen molar-refractivity contribution >= 4 is 23.4 Å². The Morgan fingerprint density at radius 3 is 2.38 bits per heavy atom. The van der Waals surface area contributed by atoms with Crippen LogP contribution in [0.2, 0.25) is 5.02 Å². The highest BCUT2D eigenvalue weighted by atomic mass is 35.5. The third-order valence-electron chi connectivity index (χ3n) is 7.58. The van der Waals surface area contributed by atoms with Gasteiger partial charge in [-0.2, -0.15) is 0 Å². The van der Waals surface area contributed by atoms with Crippen LogP contribution in [0, 0.1) is 11.3 Å². The zero-order valence-corrected chi connectivity index (χ0v) is 20.5. The Bertz CT molecular complexity index is 1030. The van der Waals surface area contributed by atoms with Gasteiger partial charge in [-0.1, -0.05) is 55.8 Å². The Morgan fingerprint density at radius 2 is 1.74 bits per heavy atom. The van der Waals surface area contributed by atoms with E-state index in [9.17, 15) is 19.8 Å². The summed E-state index contributed by atoms with van der Waals surface area (Å²) < 4.78 is 0. The van der Waals surface area contributed by atoms with Crippen LogP contribution in [-0.4, -0.2) is 52.2 Å². The van der Waals surface area contributed by atoms with Gasteiger partial charge in [0.25, 0.3) is 5.91 Å². The van der Waals surface area contributed by atoms with Gasteiger partial charge in [0.15, 0.2) is 0 Å². The number of aliphatic hydroxyl groups is 2. The summed E-state index contributed by atoms with van der Waals surface area (Å²) in [5, 5.41) is 25.6. The topological polar surface area (TPSA) is 89.9 Å². The minimum absolute atomic E-state index is 0.0802. The average Bonchev–Trinajstić information content (AvgIpc) is 2.82. The Morgan fingerprint density at radius 1 is 1.06 bits per heavy atom. The number of halogens is 1. The Balaban J connectivity index is 1.50. The first-order chi connectivity index (χ1) is 16.1. The summed E-state index contributed by atoms with van der Waals surface area (Å²) >= 11 is 6.03. The lowest BCUT2D eigenvalue weighted by molar-refractivity contribution is -0.159. The van der Waals surface area contributed by atoms with Crippen LogP contribution < -0.4 is 5.32 Å². The number of nitrogens with one attached hydrogen (secondary N) is 1. The molecule has 2 amide bonds. The molecule has 2 aromatic rings. The Hall–Kier alpha value is -2.41. The molecule has 34 heavy (non-hydrogen) atoms. The van der Waals surface area contributed by atoms with Gasteiger partial charge < -0.3 is 20.4 Å². The molecular formula is C27H33ClN2O4. The molecule has 0 bridgehead atoms. The third kappa shape index (κ3) is 4.85. The molecule has 2 aromatic carbocycles. The number of hydrogen-bond donors (Lipinski definition) is 3. The molecular weight excluding hydrogens is 452 g/mol. The monoisotopic (exact) mass is 484 g/mol. The molecule has 2 fully saturated rings. The summed E-state index contributed by atoms with van der Waals surface area (Å²) in [5.74, 6) is -0.798. The van der Waals surface area contributed by atoms with Crippen LogP contribution in [0.25, 0.3) is 0 Å². The van der Waals surface area contributed by atoms with Crippen molar-refractivity contribution in [3.63, 3.8) is 0 Å². The van der Waals surface area contributed by atoms with E-state index in [0.29, 0.717) is 49.4 Å². The van der Waals surface area contributed by atoms with E-state index < -0.39 is 23.0 Å². The molecule has 1 saturated heterocycles. The maximum absolute atomic E-state index is 13.7. The second-order valence-corrected chi connectivity index (χ2v) is 10.7. The number of nitrogens with zero attached hydrogens (tertiary/aromatic N) is 1. The van der Waals surface area contributed by atoms with Gasteiger partial charge in [0.2, 0.25) is 5.91 Å². The van der Waals surface area contributed by atoms with Crippen LogP contribution in [0.4, 0.5) is 0 Å². The highest BCUT2D eigenvalue weighted by Crippen LogP contribution is 2.46. The summed E-state index contributed by atoms with van der Waals surface area (Å²) in [4.78, 5) is 28.2. The number of benzene rings is 2. The number of aliphatic hydroxyl groups excluding tert-OH is 1. The van der Waals surface area contributed by atoms with Gasteiger partial charge >= 0.3 is 0 Å². The lowest BCUT2D eigenvalue weighted by Crippen LogP contribution is -2.59. The van der Waals surface area contributed by atoms with Crippen molar-refractivity contribution < 1.29 is 19.8 Å². The van der Waals surface area contributed by atoms with Gasteiger partial charge in [0.05, 0.1) is 17.6 Å². The highest BCUT2D eigenvalue weighted by molar-refractivity contribution is 6.30. The molecule has 7 heteroatoms. The molecule has 1 saturated carbocycles. The van der Waals surface area contributed by atoms with Crippen molar-refractivity contribution in [1.82, 2.24) is 10.2 Å². The van der Waals surface area contributed by atoms with Crippen molar-refractivity contribution in [2.75, 3.05) is 13.1 Å². The molecule has 2 aliphatic rings.